The van der Waals surface area contributed by atoms with Crippen molar-refractivity contribution in [1.82, 2.24) is 9.97 Å². The Bertz CT molecular complexity index is 1080. The summed E-state index contributed by atoms with van der Waals surface area (Å²) in [6.07, 6.45) is 0. The van der Waals surface area contributed by atoms with E-state index in [1.807, 2.05) is 0 Å². The van der Waals surface area contributed by atoms with Gasteiger partial charge >= 0.3 is 10.2 Å². The highest BCUT2D eigenvalue weighted by Crippen LogP contribution is 2.21. The normalized spacial score (nSPS) is 11.8. The average molecular weight is 340 g/mol. The van der Waals surface area contributed by atoms with E-state index in [2.05, 4.69) is 9.97 Å². The van der Waals surface area contributed by atoms with Crippen molar-refractivity contribution in [3.63, 3.8) is 0 Å². The monoisotopic (exact) mass is 340 g/mol. The third-order valence-electron chi connectivity index (χ3n) is 3.16. The van der Waals surface area contributed by atoms with Gasteiger partial charge in [0.2, 0.25) is 0 Å². The topological polar surface area (TPSA) is 79.9 Å². The fourth-order valence-corrected chi connectivity index (χ4v) is 2.51. The van der Waals surface area contributed by atoms with E-state index >= 15 is 0 Å². The van der Waals surface area contributed by atoms with Crippen LogP contribution in [0.2, 0.25) is 0 Å². The predicted molar refractivity (Wildman–Crippen MR) is 76.0 cm³/mol. The molecule has 23 heavy (non-hydrogen) atoms. The number of nitrogens with zero attached hydrogens (tertiary/aromatic N) is 1. The van der Waals surface area contributed by atoms with Crippen LogP contribution in [0.4, 0.5) is 12.7 Å². The molecular weight excluding hydrogens is 333 g/mol. The van der Waals surface area contributed by atoms with Gasteiger partial charge in [-0.2, -0.15) is 8.42 Å². The molecule has 0 aliphatic heterocycles. The number of nitrogens with one attached hydrogen (secondary N) is 1. The number of benzene rings is 2. The van der Waals surface area contributed by atoms with Crippen molar-refractivity contribution < 1.29 is 21.1 Å². The van der Waals surface area contributed by atoms with Crippen LogP contribution in [0.15, 0.2) is 46.1 Å². The highest BCUT2D eigenvalue weighted by molar-refractivity contribution is 7.86. The lowest BCUT2D eigenvalue weighted by Gasteiger charge is -2.04. The number of aromatic nitrogens is 2. The molecule has 9 heteroatoms. The van der Waals surface area contributed by atoms with Gasteiger partial charge in [-0.3, -0.25) is 4.79 Å². The van der Waals surface area contributed by atoms with Gasteiger partial charge in [0.05, 0.1) is 15.8 Å². The average Bonchev–Trinajstić information content (AvgIpc) is 2.48. The summed E-state index contributed by atoms with van der Waals surface area (Å²) in [5.41, 5.74) is -0.475. The summed E-state index contributed by atoms with van der Waals surface area (Å²) >= 11 is 0. The minimum absolute atomic E-state index is 0.0105. The lowest BCUT2D eigenvalue weighted by atomic mass is 10.2. The Kier molecular flexibility index (Phi) is 3.44. The Morgan fingerprint density at radius 3 is 2.22 bits per heavy atom. The summed E-state index contributed by atoms with van der Waals surface area (Å²) in [5.74, 6) is -2.31. The van der Waals surface area contributed by atoms with Crippen molar-refractivity contribution in [2.45, 2.75) is 4.90 Å². The Hall–Kier alpha value is -2.68. The van der Waals surface area contributed by atoms with Gasteiger partial charge in [-0.15, -0.1) is 3.89 Å². The molecule has 0 aliphatic rings. The number of rotatable bonds is 2. The summed E-state index contributed by atoms with van der Waals surface area (Å²) in [7, 11) is -4.84. The van der Waals surface area contributed by atoms with Crippen LogP contribution < -0.4 is 5.56 Å². The lowest BCUT2D eigenvalue weighted by molar-refractivity contribution is 0.510. The molecule has 0 fully saturated rings. The number of halogens is 3. The van der Waals surface area contributed by atoms with Gasteiger partial charge in [-0.1, -0.05) is 0 Å². The molecule has 2 aromatic carbocycles. The second-order valence-corrected chi connectivity index (χ2v) is 6.01. The molecule has 0 saturated carbocycles. The zero-order valence-corrected chi connectivity index (χ0v) is 12.0. The van der Waals surface area contributed by atoms with E-state index in [1.165, 1.54) is 12.1 Å². The maximum Gasteiger partial charge on any atom is 0.332 e. The molecule has 1 N–H and O–H groups in total. The maximum atomic E-state index is 13.3. The van der Waals surface area contributed by atoms with E-state index < -0.39 is 32.3 Å². The number of aromatic amines is 1. The van der Waals surface area contributed by atoms with Crippen LogP contribution in [0.1, 0.15) is 0 Å². The van der Waals surface area contributed by atoms with Gasteiger partial charge in [-0.25, -0.2) is 13.8 Å². The van der Waals surface area contributed by atoms with Crippen molar-refractivity contribution in [2.24, 2.45) is 0 Å². The molecule has 0 radical (unpaired) electrons. The minimum Gasteiger partial charge on any atom is -0.306 e. The van der Waals surface area contributed by atoms with Gasteiger partial charge < -0.3 is 4.98 Å². The van der Waals surface area contributed by atoms with E-state index in [9.17, 15) is 25.9 Å². The van der Waals surface area contributed by atoms with Crippen LogP contribution in [-0.4, -0.2) is 18.4 Å². The van der Waals surface area contributed by atoms with Crippen molar-refractivity contribution in [1.29, 1.82) is 0 Å². The molecule has 0 unspecified atom stereocenters. The van der Waals surface area contributed by atoms with Crippen molar-refractivity contribution in [3.05, 3.63) is 58.4 Å². The van der Waals surface area contributed by atoms with Crippen LogP contribution in [0.3, 0.4) is 0 Å². The van der Waals surface area contributed by atoms with Crippen molar-refractivity contribution in [3.8, 4) is 11.4 Å². The van der Waals surface area contributed by atoms with E-state index in [0.717, 1.165) is 24.3 Å². The SMILES string of the molecule is O=c1[nH]c(-c2ccc(S(=O)(=O)F)cc2)nc2cc(F)c(F)cc12. The second kappa shape index (κ2) is 5.20. The molecule has 0 spiro atoms. The number of H-pyrrole nitrogens is 1. The van der Waals surface area contributed by atoms with Gasteiger partial charge in [0.1, 0.15) is 5.82 Å². The smallest absolute Gasteiger partial charge is 0.306 e. The van der Waals surface area contributed by atoms with E-state index in [4.69, 9.17) is 0 Å². The number of hydrogen-bond acceptors (Lipinski definition) is 4. The first-order chi connectivity index (χ1) is 10.8. The molecule has 1 aromatic heterocycles. The number of hydrogen-bond donors (Lipinski definition) is 1. The first-order valence-electron chi connectivity index (χ1n) is 6.20. The van der Waals surface area contributed by atoms with Crippen LogP contribution in [0, 0.1) is 11.6 Å². The Morgan fingerprint density at radius 1 is 1.00 bits per heavy atom. The first kappa shape index (κ1) is 15.2. The van der Waals surface area contributed by atoms with Crippen LogP contribution in [-0.2, 0) is 10.2 Å². The maximum absolute atomic E-state index is 13.3. The van der Waals surface area contributed by atoms with Gasteiger partial charge in [0.25, 0.3) is 5.56 Å². The molecule has 0 bridgehead atoms. The Labute approximate surface area is 127 Å². The first-order valence-corrected chi connectivity index (χ1v) is 7.58. The summed E-state index contributed by atoms with van der Waals surface area (Å²) in [6, 6.07) is 5.98. The predicted octanol–water partition coefficient (Wildman–Crippen LogP) is 2.53. The minimum atomic E-state index is -4.84. The van der Waals surface area contributed by atoms with E-state index in [-0.39, 0.29) is 22.3 Å². The third-order valence-corrected chi connectivity index (χ3v) is 3.99. The number of fused-ring (bicyclic) bond motifs is 1. The quantitative estimate of drug-likeness (QED) is 0.727. The molecule has 0 amide bonds. The fourth-order valence-electron chi connectivity index (χ4n) is 2.05. The summed E-state index contributed by atoms with van der Waals surface area (Å²) in [5, 5.41) is -0.129. The highest BCUT2D eigenvalue weighted by Gasteiger charge is 2.13. The Morgan fingerprint density at radius 2 is 1.61 bits per heavy atom. The fraction of sp³-hybridized carbons (Fsp3) is 0. The molecule has 3 rings (SSSR count). The molecule has 118 valence electrons. The largest absolute Gasteiger partial charge is 0.332 e. The summed E-state index contributed by atoms with van der Waals surface area (Å²) < 4.78 is 60.8. The molecule has 5 nitrogen and oxygen atoms in total. The van der Waals surface area contributed by atoms with Crippen LogP contribution >= 0.6 is 0 Å². The molecular formula is C14H7F3N2O3S. The summed E-state index contributed by atoms with van der Waals surface area (Å²) in [4.78, 5) is 17.7. The van der Waals surface area contributed by atoms with Gasteiger partial charge in [0.15, 0.2) is 11.6 Å². The third kappa shape index (κ3) is 2.82. The lowest BCUT2D eigenvalue weighted by Crippen LogP contribution is -2.10. The second-order valence-electron chi connectivity index (χ2n) is 4.66. The van der Waals surface area contributed by atoms with Crippen LogP contribution in [0.25, 0.3) is 22.3 Å². The molecule has 0 saturated heterocycles. The van der Waals surface area contributed by atoms with Crippen molar-refractivity contribution >= 4 is 21.1 Å². The molecule has 0 aliphatic carbocycles. The van der Waals surface area contributed by atoms with Crippen molar-refractivity contribution in [2.75, 3.05) is 0 Å². The van der Waals surface area contributed by atoms with Gasteiger partial charge in [-0.05, 0) is 30.3 Å². The zero-order chi connectivity index (χ0) is 16.8. The Balaban J connectivity index is 2.17. The van der Waals surface area contributed by atoms with E-state index in [0.29, 0.717) is 0 Å². The summed E-state index contributed by atoms with van der Waals surface area (Å²) in [6.45, 7) is 0. The molecule has 0 atom stereocenters. The zero-order valence-electron chi connectivity index (χ0n) is 11.2. The van der Waals surface area contributed by atoms with E-state index in [1.54, 1.807) is 0 Å². The molecule has 1 heterocycles. The molecule has 3 aromatic rings. The standard InChI is InChI=1S/C14H7F3N2O3S/c15-10-5-9-12(6-11(10)16)18-13(19-14(9)20)7-1-3-8(4-2-7)23(17,21)22/h1-6H,(H,18,19,20). The van der Waals surface area contributed by atoms with Gasteiger partial charge in [0, 0.05) is 11.6 Å². The highest BCUT2D eigenvalue weighted by atomic mass is 32.3. The van der Waals surface area contributed by atoms with Crippen LogP contribution in [0.5, 0.6) is 0 Å².